The molecule has 2 aromatic rings. The van der Waals surface area contributed by atoms with E-state index in [4.69, 9.17) is 14.2 Å². The SMILES string of the molecule is CC(C)(C)OC(=O)N[C@H](Cc1ccc(-c2ccccc2)cc1)C(=O)C1COC(C)(C)OC1=O. The fraction of sp³-hybridized carbons (Fsp3) is 0.423. The maximum atomic E-state index is 13.3. The van der Waals surface area contributed by atoms with E-state index < -0.39 is 41.2 Å². The lowest BCUT2D eigenvalue weighted by atomic mass is 9.92. The molecule has 3 rings (SSSR count). The van der Waals surface area contributed by atoms with Crippen molar-refractivity contribution in [3.63, 3.8) is 0 Å². The Kier molecular flexibility index (Phi) is 7.22. The van der Waals surface area contributed by atoms with Gasteiger partial charge in [0.05, 0.1) is 12.6 Å². The third kappa shape index (κ3) is 6.89. The molecule has 176 valence electrons. The summed E-state index contributed by atoms with van der Waals surface area (Å²) in [5.74, 6) is -3.35. The highest BCUT2D eigenvalue weighted by atomic mass is 16.7. The summed E-state index contributed by atoms with van der Waals surface area (Å²) in [4.78, 5) is 38.2. The predicted octanol–water partition coefficient (Wildman–Crippen LogP) is 4.28. The Morgan fingerprint density at radius 1 is 1.06 bits per heavy atom. The molecule has 0 bridgehead atoms. The summed E-state index contributed by atoms with van der Waals surface area (Å²) in [6.07, 6.45) is -0.535. The summed E-state index contributed by atoms with van der Waals surface area (Å²) in [5, 5.41) is 2.63. The van der Waals surface area contributed by atoms with Crippen molar-refractivity contribution < 1.29 is 28.6 Å². The number of esters is 1. The maximum absolute atomic E-state index is 13.3. The molecule has 0 aromatic heterocycles. The van der Waals surface area contributed by atoms with Crippen LogP contribution in [0.5, 0.6) is 0 Å². The van der Waals surface area contributed by atoms with Gasteiger partial charge in [-0.25, -0.2) is 4.79 Å². The van der Waals surface area contributed by atoms with E-state index in [2.05, 4.69) is 5.32 Å². The first-order chi connectivity index (χ1) is 15.4. The number of benzene rings is 2. The molecule has 7 nitrogen and oxygen atoms in total. The molecule has 1 unspecified atom stereocenters. The van der Waals surface area contributed by atoms with Crippen LogP contribution in [0.15, 0.2) is 54.6 Å². The zero-order chi connectivity index (χ0) is 24.2. The first-order valence-electron chi connectivity index (χ1n) is 11.0. The van der Waals surface area contributed by atoms with Crippen LogP contribution in [0, 0.1) is 5.92 Å². The minimum atomic E-state index is -1.12. The molecule has 1 aliphatic heterocycles. The van der Waals surface area contributed by atoms with E-state index in [0.29, 0.717) is 0 Å². The van der Waals surface area contributed by atoms with E-state index in [1.165, 1.54) is 0 Å². The number of carbonyl (C=O) groups is 3. The van der Waals surface area contributed by atoms with Crippen LogP contribution in [0.3, 0.4) is 0 Å². The van der Waals surface area contributed by atoms with Crippen LogP contribution in [0.1, 0.15) is 40.2 Å². The van der Waals surface area contributed by atoms with Gasteiger partial charge in [-0.05, 0) is 43.9 Å². The predicted molar refractivity (Wildman–Crippen MR) is 123 cm³/mol. The second kappa shape index (κ2) is 9.75. The number of rotatable bonds is 6. The molecule has 7 heteroatoms. The van der Waals surface area contributed by atoms with E-state index in [0.717, 1.165) is 16.7 Å². The first-order valence-corrected chi connectivity index (χ1v) is 11.0. The van der Waals surface area contributed by atoms with Crippen LogP contribution in [-0.2, 0) is 30.2 Å². The molecule has 0 saturated carbocycles. The van der Waals surface area contributed by atoms with Gasteiger partial charge in [0.25, 0.3) is 0 Å². The fourth-order valence-electron chi connectivity index (χ4n) is 3.51. The third-order valence-corrected chi connectivity index (χ3v) is 5.11. The number of nitrogens with one attached hydrogen (secondary N) is 1. The monoisotopic (exact) mass is 453 g/mol. The Balaban J connectivity index is 1.79. The molecule has 1 fully saturated rings. The Hall–Kier alpha value is -3.19. The van der Waals surface area contributed by atoms with Crippen molar-refractivity contribution in [3.8, 4) is 11.1 Å². The number of hydrogen-bond donors (Lipinski definition) is 1. The van der Waals surface area contributed by atoms with Crippen molar-refractivity contribution in [3.05, 3.63) is 60.2 Å². The normalized spacial score (nSPS) is 18.7. The van der Waals surface area contributed by atoms with Crippen LogP contribution < -0.4 is 5.32 Å². The summed E-state index contributed by atoms with van der Waals surface area (Å²) in [6.45, 7) is 8.32. The van der Waals surface area contributed by atoms with Crippen LogP contribution in [-0.4, -0.2) is 41.9 Å². The zero-order valence-electron chi connectivity index (χ0n) is 19.7. The van der Waals surface area contributed by atoms with Gasteiger partial charge in [0.1, 0.15) is 11.5 Å². The molecule has 2 aromatic carbocycles. The lowest BCUT2D eigenvalue weighted by molar-refractivity contribution is -0.246. The summed E-state index contributed by atoms with van der Waals surface area (Å²) >= 11 is 0. The van der Waals surface area contributed by atoms with Gasteiger partial charge in [0.15, 0.2) is 5.78 Å². The molecule has 1 aliphatic rings. The lowest BCUT2D eigenvalue weighted by Gasteiger charge is -2.34. The minimum Gasteiger partial charge on any atom is -0.444 e. The molecule has 0 spiro atoms. The van der Waals surface area contributed by atoms with Crippen LogP contribution in [0.2, 0.25) is 0 Å². The smallest absolute Gasteiger partial charge is 0.408 e. The molecule has 2 atom stereocenters. The van der Waals surface area contributed by atoms with Gasteiger partial charge < -0.3 is 19.5 Å². The van der Waals surface area contributed by atoms with Crippen molar-refractivity contribution >= 4 is 17.8 Å². The number of cyclic esters (lactones) is 1. The molecule has 1 saturated heterocycles. The van der Waals surface area contributed by atoms with Crippen molar-refractivity contribution in [1.29, 1.82) is 0 Å². The molecule has 1 N–H and O–H groups in total. The number of alkyl carbamates (subject to hydrolysis) is 1. The average Bonchev–Trinajstić information content (AvgIpc) is 2.72. The number of carbonyl (C=O) groups excluding carboxylic acids is 3. The topological polar surface area (TPSA) is 90.9 Å². The summed E-state index contributed by atoms with van der Waals surface area (Å²) < 4.78 is 16.1. The summed E-state index contributed by atoms with van der Waals surface area (Å²) in [6, 6.07) is 16.7. The van der Waals surface area contributed by atoms with Crippen molar-refractivity contribution in [2.45, 2.75) is 58.5 Å². The van der Waals surface area contributed by atoms with Crippen molar-refractivity contribution in [2.24, 2.45) is 5.92 Å². The standard InChI is InChI=1S/C26H31NO6/c1-25(2,3)33-24(30)27-21(22(28)20-16-31-26(4,5)32-23(20)29)15-17-11-13-19(14-12-17)18-9-7-6-8-10-18/h6-14,20-21H,15-16H2,1-5H3,(H,27,30)/t20?,21-/m1/s1. The van der Waals surface area contributed by atoms with Crippen LogP contribution in [0.4, 0.5) is 4.79 Å². The van der Waals surface area contributed by atoms with E-state index in [9.17, 15) is 14.4 Å². The largest absolute Gasteiger partial charge is 0.444 e. The molecule has 0 radical (unpaired) electrons. The molecule has 0 aliphatic carbocycles. The third-order valence-electron chi connectivity index (χ3n) is 5.11. The summed E-state index contributed by atoms with van der Waals surface area (Å²) in [5.41, 5.74) is 2.21. The Bertz CT molecular complexity index is 992. The van der Waals surface area contributed by atoms with Gasteiger partial charge in [0.2, 0.25) is 5.79 Å². The average molecular weight is 454 g/mol. The zero-order valence-corrected chi connectivity index (χ0v) is 19.7. The fourth-order valence-corrected chi connectivity index (χ4v) is 3.51. The molecular formula is C26H31NO6. The van der Waals surface area contributed by atoms with E-state index in [1.54, 1.807) is 34.6 Å². The molecular weight excluding hydrogens is 422 g/mol. The highest BCUT2D eigenvalue weighted by molar-refractivity contribution is 6.03. The highest BCUT2D eigenvalue weighted by Gasteiger charge is 2.42. The Labute approximate surface area is 194 Å². The number of ether oxygens (including phenoxy) is 3. The lowest BCUT2D eigenvalue weighted by Crippen LogP contribution is -2.53. The van der Waals surface area contributed by atoms with Gasteiger partial charge in [-0.3, -0.25) is 9.59 Å². The van der Waals surface area contributed by atoms with Crippen LogP contribution in [0.25, 0.3) is 11.1 Å². The van der Waals surface area contributed by atoms with Gasteiger partial charge in [0, 0.05) is 13.8 Å². The number of ketones is 1. The Morgan fingerprint density at radius 3 is 2.24 bits per heavy atom. The van der Waals surface area contributed by atoms with Gasteiger partial charge in [-0.2, -0.15) is 0 Å². The van der Waals surface area contributed by atoms with Gasteiger partial charge in [-0.15, -0.1) is 0 Å². The number of amides is 1. The minimum absolute atomic E-state index is 0.107. The number of hydrogen-bond acceptors (Lipinski definition) is 6. The molecule has 33 heavy (non-hydrogen) atoms. The van der Waals surface area contributed by atoms with Crippen molar-refractivity contribution in [2.75, 3.05) is 6.61 Å². The van der Waals surface area contributed by atoms with E-state index in [-0.39, 0.29) is 13.0 Å². The van der Waals surface area contributed by atoms with Crippen LogP contribution >= 0.6 is 0 Å². The molecule has 1 heterocycles. The van der Waals surface area contributed by atoms with E-state index in [1.807, 2.05) is 54.6 Å². The molecule has 1 amide bonds. The second-order valence-corrected chi connectivity index (χ2v) is 9.55. The van der Waals surface area contributed by atoms with Gasteiger partial charge >= 0.3 is 12.1 Å². The Morgan fingerprint density at radius 2 is 1.67 bits per heavy atom. The van der Waals surface area contributed by atoms with Crippen molar-refractivity contribution in [1.82, 2.24) is 5.32 Å². The highest BCUT2D eigenvalue weighted by Crippen LogP contribution is 2.25. The van der Waals surface area contributed by atoms with Gasteiger partial charge in [-0.1, -0.05) is 54.6 Å². The maximum Gasteiger partial charge on any atom is 0.408 e. The summed E-state index contributed by atoms with van der Waals surface area (Å²) in [7, 11) is 0. The quantitative estimate of drug-likeness (QED) is 0.518. The van der Waals surface area contributed by atoms with E-state index >= 15 is 0 Å². The number of Topliss-reactive ketones (excluding diaryl/α,β-unsaturated/α-hetero) is 1. The first kappa shape index (κ1) is 24.5. The second-order valence-electron chi connectivity index (χ2n) is 9.55.